The van der Waals surface area contributed by atoms with Crippen molar-refractivity contribution >= 4 is 15.7 Å². The lowest BCUT2D eigenvalue weighted by molar-refractivity contribution is -0.210. The smallest absolute Gasteiger partial charge is 0.497 e. The minimum Gasteiger partial charge on any atom is -0.497 e. The number of allylic oxidation sites excluding steroid dienone is 2. The van der Waals surface area contributed by atoms with Gasteiger partial charge in [0.05, 0.1) is 24.7 Å². The normalized spacial score (nSPS) is 33.7. The maximum Gasteiger partial charge on any atom is 0.534 e. The van der Waals surface area contributed by atoms with Gasteiger partial charge in [0.2, 0.25) is 0 Å². The summed E-state index contributed by atoms with van der Waals surface area (Å²) in [5.74, 6) is -0.0229. The van der Waals surface area contributed by atoms with E-state index in [1.54, 1.807) is 18.2 Å². The molecule has 3 aliphatic carbocycles. The third-order valence-corrected chi connectivity index (χ3v) is 9.62. The Hall–Kier alpha value is -2.29. The number of methoxy groups -OCH3 is 1. The number of fused-ring (bicyclic) bond motifs is 5. The second-order valence-corrected chi connectivity index (χ2v) is 12.2. The van der Waals surface area contributed by atoms with E-state index in [4.69, 9.17) is 18.4 Å². The molecule has 0 aromatic heterocycles. The lowest BCUT2D eigenvalue weighted by Crippen LogP contribution is -2.50. The number of nitriles is 1. The molecular formula is C26H30F3NO6S. The summed E-state index contributed by atoms with van der Waals surface area (Å²) in [6.45, 7) is 2.45. The number of ether oxygens (including phenoxy) is 3. The molecule has 11 heteroatoms. The van der Waals surface area contributed by atoms with Crippen LogP contribution in [0.25, 0.3) is 5.57 Å². The quantitative estimate of drug-likeness (QED) is 0.361. The molecule has 1 saturated heterocycles. The van der Waals surface area contributed by atoms with Gasteiger partial charge in [-0.15, -0.1) is 0 Å². The van der Waals surface area contributed by atoms with Gasteiger partial charge in [-0.3, -0.25) is 0 Å². The Morgan fingerprint density at radius 2 is 1.97 bits per heavy atom. The van der Waals surface area contributed by atoms with Crippen molar-refractivity contribution in [2.75, 3.05) is 13.7 Å². The number of alkyl halides is 3. The Morgan fingerprint density at radius 1 is 1.19 bits per heavy atom. The Morgan fingerprint density at radius 3 is 2.62 bits per heavy atom. The van der Waals surface area contributed by atoms with Crippen molar-refractivity contribution in [3.05, 3.63) is 35.1 Å². The number of nitrogens with zero attached hydrogens (tertiary/aromatic N) is 1. The number of halogens is 3. The maximum absolute atomic E-state index is 13.5. The molecule has 1 aromatic carbocycles. The molecule has 0 amide bonds. The first-order valence-electron chi connectivity index (χ1n) is 12.5. The fraction of sp³-hybridized carbons (Fsp3) is 0.654. The number of benzene rings is 1. The van der Waals surface area contributed by atoms with E-state index in [1.807, 2.05) is 6.92 Å². The molecule has 0 bridgehead atoms. The highest BCUT2D eigenvalue weighted by molar-refractivity contribution is 7.87. The molecule has 5 atom stereocenters. The summed E-state index contributed by atoms with van der Waals surface area (Å²) in [6, 6.07) is 7.54. The third kappa shape index (κ3) is 4.21. The van der Waals surface area contributed by atoms with Crippen molar-refractivity contribution in [1.29, 1.82) is 5.26 Å². The molecule has 0 radical (unpaired) electrons. The van der Waals surface area contributed by atoms with Crippen molar-refractivity contribution in [3.8, 4) is 11.8 Å². The van der Waals surface area contributed by atoms with E-state index in [9.17, 15) is 26.9 Å². The van der Waals surface area contributed by atoms with E-state index >= 15 is 0 Å². The van der Waals surface area contributed by atoms with Gasteiger partial charge < -0.3 is 18.4 Å². The minimum absolute atomic E-state index is 0.103. The van der Waals surface area contributed by atoms with Crippen LogP contribution in [0, 0.1) is 28.1 Å². The molecule has 1 aliphatic heterocycles. The first kappa shape index (κ1) is 26.3. The zero-order chi connectivity index (χ0) is 26.6. The van der Waals surface area contributed by atoms with Crippen molar-refractivity contribution in [3.63, 3.8) is 0 Å². The van der Waals surface area contributed by atoms with Crippen LogP contribution < -0.4 is 4.74 Å². The van der Waals surface area contributed by atoms with Gasteiger partial charge in [0, 0.05) is 24.0 Å². The fourth-order valence-electron chi connectivity index (χ4n) is 6.94. The first-order chi connectivity index (χ1) is 17.4. The zero-order valence-electron chi connectivity index (χ0n) is 20.8. The van der Waals surface area contributed by atoms with Gasteiger partial charge in [0.25, 0.3) is 0 Å². The monoisotopic (exact) mass is 541 g/mol. The van der Waals surface area contributed by atoms with Gasteiger partial charge in [0.1, 0.15) is 11.5 Å². The molecule has 37 heavy (non-hydrogen) atoms. The first-order valence-corrected chi connectivity index (χ1v) is 14.0. The minimum atomic E-state index is -5.96. The highest BCUT2D eigenvalue weighted by Crippen LogP contribution is 2.67. The van der Waals surface area contributed by atoms with Gasteiger partial charge in [-0.25, -0.2) is 0 Å². The molecule has 4 aliphatic rings. The van der Waals surface area contributed by atoms with Gasteiger partial charge in [-0.05, 0) is 74.1 Å². The van der Waals surface area contributed by atoms with Crippen LogP contribution in [0.15, 0.2) is 24.0 Å². The van der Waals surface area contributed by atoms with Crippen LogP contribution in [0.3, 0.4) is 0 Å². The predicted molar refractivity (Wildman–Crippen MR) is 126 cm³/mol. The summed E-state index contributed by atoms with van der Waals surface area (Å²) in [4.78, 5) is 0. The van der Waals surface area contributed by atoms with Crippen LogP contribution >= 0.6 is 0 Å². The van der Waals surface area contributed by atoms with Crippen LogP contribution in [0.4, 0.5) is 13.2 Å². The van der Waals surface area contributed by atoms with Crippen LogP contribution in [0.1, 0.15) is 63.0 Å². The van der Waals surface area contributed by atoms with Crippen molar-refractivity contribution < 1.29 is 40.0 Å². The van der Waals surface area contributed by atoms with Crippen molar-refractivity contribution in [2.45, 2.75) is 76.2 Å². The van der Waals surface area contributed by atoms with E-state index in [0.717, 1.165) is 18.4 Å². The highest BCUT2D eigenvalue weighted by atomic mass is 32.2. The fourth-order valence-corrected chi connectivity index (χ4v) is 7.44. The lowest BCUT2D eigenvalue weighted by atomic mass is 9.51. The molecule has 202 valence electrons. The molecule has 2 fully saturated rings. The van der Waals surface area contributed by atoms with Gasteiger partial charge >= 0.3 is 15.6 Å². The van der Waals surface area contributed by atoms with E-state index < -0.39 is 38.9 Å². The maximum atomic E-state index is 13.5. The van der Waals surface area contributed by atoms with Gasteiger partial charge in [-0.1, -0.05) is 13.0 Å². The standard InChI is InChI=1S/C26H30F3NO6S/c1-24-14-19(36-37(31,32)26(27,28)29)23-18-7-6-17(33-2)13-16(18)10-11-25(23,15-30)20(24)8-9-21(24)35-22-5-3-4-12-34-22/h6-7,13,20-22H,3-5,8-12,14H2,1-2H3/t20-,21+,22?,24+,25-/m1/s1. The van der Waals surface area contributed by atoms with Gasteiger partial charge in [0.15, 0.2) is 6.29 Å². The lowest BCUT2D eigenvalue weighted by Gasteiger charge is -2.52. The largest absolute Gasteiger partial charge is 0.534 e. The SMILES string of the molecule is COc1ccc2c(c1)CC[C@]1(C#N)C2=C(OS(=O)(=O)C(F)(F)F)C[C@]2(C)[C@@H](OC3CCCCO3)CC[C@H]21. The molecule has 1 heterocycles. The van der Waals surface area contributed by atoms with E-state index in [2.05, 4.69) is 6.07 Å². The number of hydrogen-bond acceptors (Lipinski definition) is 7. The Labute approximate surface area is 214 Å². The number of hydrogen-bond donors (Lipinski definition) is 0. The average molecular weight is 542 g/mol. The second kappa shape index (κ2) is 9.17. The Bertz CT molecular complexity index is 1250. The van der Waals surface area contributed by atoms with Crippen molar-refractivity contribution in [2.24, 2.45) is 16.7 Å². The second-order valence-electron chi connectivity index (χ2n) is 10.6. The van der Waals surface area contributed by atoms with E-state index in [-0.39, 0.29) is 23.7 Å². The summed E-state index contributed by atoms with van der Waals surface area (Å²) < 4.78 is 87.3. The number of aryl methyl sites for hydroxylation is 1. The third-order valence-electron chi connectivity index (χ3n) is 8.63. The van der Waals surface area contributed by atoms with Gasteiger partial charge in [-0.2, -0.15) is 26.9 Å². The molecule has 1 saturated carbocycles. The molecule has 0 spiro atoms. The van der Waals surface area contributed by atoms with Crippen molar-refractivity contribution in [1.82, 2.24) is 0 Å². The molecule has 0 N–H and O–H groups in total. The highest BCUT2D eigenvalue weighted by Gasteiger charge is 2.64. The summed E-state index contributed by atoms with van der Waals surface area (Å²) in [5.41, 5.74) is -6.11. The van der Waals surface area contributed by atoms with Crippen LogP contribution in [0.2, 0.25) is 0 Å². The molecular weight excluding hydrogens is 511 g/mol. The predicted octanol–water partition coefficient (Wildman–Crippen LogP) is 5.46. The van der Waals surface area contributed by atoms with E-state index in [1.165, 1.54) is 7.11 Å². The zero-order valence-corrected chi connectivity index (χ0v) is 21.6. The Kier molecular flexibility index (Phi) is 6.52. The summed E-state index contributed by atoms with van der Waals surface area (Å²) in [5, 5.41) is 10.6. The topological polar surface area (TPSA) is 94.9 Å². The summed E-state index contributed by atoms with van der Waals surface area (Å²) >= 11 is 0. The van der Waals surface area contributed by atoms with Crippen LogP contribution in [-0.4, -0.2) is 40.0 Å². The molecule has 5 rings (SSSR count). The van der Waals surface area contributed by atoms with Crippen LogP contribution in [-0.2, 0) is 30.2 Å². The summed E-state index contributed by atoms with van der Waals surface area (Å²) in [6.07, 6.45) is 3.67. The number of rotatable bonds is 5. The molecule has 1 aromatic rings. The van der Waals surface area contributed by atoms with E-state index in [0.29, 0.717) is 50.0 Å². The Balaban J connectivity index is 1.65. The average Bonchev–Trinajstić information content (AvgIpc) is 3.18. The molecule has 1 unspecified atom stereocenters. The summed E-state index contributed by atoms with van der Waals surface area (Å²) in [7, 11) is -4.45. The molecule has 7 nitrogen and oxygen atoms in total. The van der Waals surface area contributed by atoms with Crippen LogP contribution in [0.5, 0.6) is 5.75 Å².